The van der Waals surface area contributed by atoms with Crippen LogP contribution in [0.15, 0.2) is 23.6 Å². The van der Waals surface area contributed by atoms with Gasteiger partial charge >= 0.3 is 0 Å². The average molecular weight is 309 g/mol. The van der Waals surface area contributed by atoms with Gasteiger partial charge in [-0.15, -0.1) is 11.3 Å². The fraction of sp³-hybridized carbons (Fsp3) is 0.438. The van der Waals surface area contributed by atoms with E-state index < -0.39 is 0 Å². The molecule has 2 N–H and O–H groups in total. The maximum Gasteiger partial charge on any atom is 0.0947 e. The number of thiazole rings is 1. The molecule has 2 nitrogen and oxygen atoms in total. The van der Waals surface area contributed by atoms with Gasteiger partial charge in [0.05, 0.1) is 10.7 Å². The number of rotatable bonds is 3. The quantitative estimate of drug-likeness (QED) is 0.896. The zero-order chi connectivity index (χ0) is 14.9. The summed E-state index contributed by atoms with van der Waals surface area (Å²) in [5, 5.41) is 3.99. The van der Waals surface area contributed by atoms with Crippen molar-refractivity contribution in [3.05, 3.63) is 50.4 Å². The first-order chi connectivity index (χ1) is 9.29. The molecule has 20 heavy (non-hydrogen) atoms. The molecule has 0 aliphatic heterocycles. The van der Waals surface area contributed by atoms with Gasteiger partial charge in [0.15, 0.2) is 0 Å². The van der Waals surface area contributed by atoms with Gasteiger partial charge in [-0.2, -0.15) is 0 Å². The zero-order valence-corrected chi connectivity index (χ0v) is 14.0. The van der Waals surface area contributed by atoms with E-state index in [1.807, 2.05) is 25.1 Å². The molecule has 0 radical (unpaired) electrons. The van der Waals surface area contributed by atoms with E-state index in [4.69, 9.17) is 22.3 Å². The third-order valence-electron chi connectivity index (χ3n) is 3.42. The minimum Gasteiger partial charge on any atom is -0.324 e. The van der Waals surface area contributed by atoms with Gasteiger partial charge in [0.25, 0.3) is 0 Å². The van der Waals surface area contributed by atoms with Crippen molar-refractivity contribution in [1.29, 1.82) is 0 Å². The maximum absolute atomic E-state index is 6.32. The summed E-state index contributed by atoms with van der Waals surface area (Å²) in [7, 11) is 0. The first-order valence-electron chi connectivity index (χ1n) is 6.74. The third kappa shape index (κ3) is 3.40. The van der Waals surface area contributed by atoms with Crippen molar-refractivity contribution in [2.75, 3.05) is 0 Å². The molecule has 1 atom stereocenters. The molecule has 0 saturated heterocycles. The van der Waals surface area contributed by atoms with E-state index in [9.17, 15) is 0 Å². The Balaban J connectivity index is 2.18. The minimum atomic E-state index is -0.0623. The highest BCUT2D eigenvalue weighted by Crippen LogP contribution is 2.28. The highest BCUT2D eigenvalue weighted by Gasteiger charge is 2.19. The van der Waals surface area contributed by atoms with Crippen LogP contribution in [0.2, 0.25) is 5.02 Å². The highest BCUT2D eigenvalue weighted by molar-refractivity contribution is 7.09. The van der Waals surface area contributed by atoms with Crippen molar-refractivity contribution in [2.24, 2.45) is 5.73 Å². The molecule has 0 aliphatic carbocycles. The van der Waals surface area contributed by atoms with E-state index in [0.29, 0.717) is 0 Å². The molecule has 0 saturated carbocycles. The first kappa shape index (κ1) is 15.5. The summed E-state index contributed by atoms with van der Waals surface area (Å²) >= 11 is 7.84. The summed E-state index contributed by atoms with van der Waals surface area (Å²) in [6.45, 7) is 8.53. The number of benzene rings is 1. The Labute approximate surface area is 130 Å². The van der Waals surface area contributed by atoms with Crippen LogP contribution in [0.3, 0.4) is 0 Å². The monoisotopic (exact) mass is 308 g/mol. The molecule has 2 aromatic rings. The van der Waals surface area contributed by atoms with E-state index in [1.54, 1.807) is 11.3 Å². The largest absolute Gasteiger partial charge is 0.324 e. The van der Waals surface area contributed by atoms with Gasteiger partial charge in [-0.1, -0.05) is 44.5 Å². The Hall–Kier alpha value is -0.900. The Bertz CT molecular complexity index is 599. The predicted octanol–water partition coefficient (Wildman–Crippen LogP) is 4.64. The molecule has 0 bridgehead atoms. The summed E-state index contributed by atoms with van der Waals surface area (Å²) < 4.78 is 0. The van der Waals surface area contributed by atoms with Crippen LogP contribution in [0.4, 0.5) is 0 Å². The molecule has 0 amide bonds. The minimum absolute atomic E-state index is 0.0623. The van der Waals surface area contributed by atoms with Crippen LogP contribution < -0.4 is 5.73 Å². The van der Waals surface area contributed by atoms with Crippen LogP contribution in [-0.2, 0) is 11.8 Å². The van der Waals surface area contributed by atoms with Crippen LogP contribution in [0.5, 0.6) is 0 Å². The topological polar surface area (TPSA) is 38.9 Å². The number of halogens is 1. The van der Waals surface area contributed by atoms with Gasteiger partial charge in [0, 0.05) is 28.3 Å². The van der Waals surface area contributed by atoms with Crippen molar-refractivity contribution in [3.63, 3.8) is 0 Å². The number of hydrogen-bond donors (Lipinski definition) is 1. The Morgan fingerprint density at radius 2 is 2.05 bits per heavy atom. The van der Waals surface area contributed by atoms with Gasteiger partial charge in [0.1, 0.15) is 0 Å². The van der Waals surface area contributed by atoms with E-state index in [-0.39, 0.29) is 11.5 Å². The van der Waals surface area contributed by atoms with Crippen molar-refractivity contribution in [1.82, 2.24) is 4.98 Å². The van der Waals surface area contributed by atoms with Crippen LogP contribution >= 0.6 is 22.9 Å². The second-order valence-corrected chi connectivity index (χ2v) is 7.49. The molecule has 0 aliphatic rings. The normalized spacial score (nSPS) is 13.5. The molecule has 1 aromatic heterocycles. The van der Waals surface area contributed by atoms with Gasteiger partial charge in [-0.05, 0) is 24.1 Å². The van der Waals surface area contributed by atoms with E-state index in [2.05, 4.69) is 26.2 Å². The van der Waals surface area contributed by atoms with E-state index >= 15 is 0 Å². The molecule has 1 aromatic carbocycles. The summed E-state index contributed by atoms with van der Waals surface area (Å²) in [6, 6.07) is 5.83. The lowest BCUT2D eigenvalue weighted by molar-refractivity contribution is 0.569. The van der Waals surface area contributed by atoms with Gasteiger partial charge in [-0.3, -0.25) is 0 Å². The van der Waals surface area contributed by atoms with Crippen LogP contribution in [0, 0.1) is 6.92 Å². The molecular formula is C16H21ClN2S. The number of nitrogens with two attached hydrogens (primary N) is 1. The predicted molar refractivity (Wildman–Crippen MR) is 87.6 cm³/mol. The SMILES string of the molecule is Cc1c(Cl)cccc1C(N)Cc1nc(C(C)(C)C)cs1. The molecular weight excluding hydrogens is 288 g/mol. The van der Waals surface area contributed by atoms with Gasteiger partial charge < -0.3 is 5.73 Å². The molecule has 1 unspecified atom stereocenters. The number of nitrogens with zero attached hydrogens (tertiary/aromatic N) is 1. The maximum atomic E-state index is 6.32. The molecule has 0 spiro atoms. The van der Waals surface area contributed by atoms with E-state index in [0.717, 1.165) is 33.3 Å². The fourth-order valence-electron chi connectivity index (χ4n) is 2.07. The number of hydrogen-bond acceptors (Lipinski definition) is 3. The lowest BCUT2D eigenvalue weighted by Crippen LogP contribution is -2.16. The van der Waals surface area contributed by atoms with Crippen molar-refractivity contribution in [2.45, 2.75) is 45.6 Å². The highest BCUT2D eigenvalue weighted by atomic mass is 35.5. The summed E-state index contributed by atoms with van der Waals surface area (Å²) in [6.07, 6.45) is 0.752. The average Bonchev–Trinajstić information content (AvgIpc) is 2.81. The Morgan fingerprint density at radius 3 is 2.65 bits per heavy atom. The first-order valence-corrected chi connectivity index (χ1v) is 8.00. The summed E-state index contributed by atoms with van der Waals surface area (Å²) in [4.78, 5) is 4.70. The van der Waals surface area contributed by atoms with E-state index in [1.165, 1.54) is 0 Å². The number of aromatic nitrogens is 1. The Morgan fingerprint density at radius 1 is 1.35 bits per heavy atom. The summed E-state index contributed by atoms with van der Waals surface area (Å²) in [5.41, 5.74) is 9.71. The summed E-state index contributed by atoms with van der Waals surface area (Å²) in [5.74, 6) is 0. The van der Waals surface area contributed by atoms with Crippen molar-refractivity contribution < 1.29 is 0 Å². The molecule has 4 heteroatoms. The smallest absolute Gasteiger partial charge is 0.0947 e. The Kier molecular flexibility index (Phi) is 4.52. The second-order valence-electron chi connectivity index (χ2n) is 6.14. The second kappa shape index (κ2) is 5.84. The molecule has 1 heterocycles. The van der Waals surface area contributed by atoms with Gasteiger partial charge in [-0.25, -0.2) is 4.98 Å². The molecule has 108 valence electrons. The fourth-order valence-corrected chi connectivity index (χ4v) is 3.34. The zero-order valence-electron chi connectivity index (χ0n) is 12.4. The van der Waals surface area contributed by atoms with Crippen molar-refractivity contribution >= 4 is 22.9 Å². The lowest BCUT2D eigenvalue weighted by Gasteiger charge is -2.15. The molecule has 0 fully saturated rings. The van der Waals surface area contributed by atoms with Crippen LogP contribution in [0.25, 0.3) is 0 Å². The lowest BCUT2D eigenvalue weighted by atomic mass is 9.93. The van der Waals surface area contributed by atoms with Crippen molar-refractivity contribution in [3.8, 4) is 0 Å². The van der Waals surface area contributed by atoms with Crippen LogP contribution in [0.1, 0.15) is 48.6 Å². The molecule has 2 rings (SSSR count). The van der Waals surface area contributed by atoms with Gasteiger partial charge in [0.2, 0.25) is 0 Å². The third-order valence-corrected chi connectivity index (χ3v) is 4.70. The van der Waals surface area contributed by atoms with Crippen LogP contribution in [-0.4, -0.2) is 4.98 Å². The standard InChI is InChI=1S/C16H21ClN2S/c1-10-11(6-5-7-12(10)17)13(18)8-15-19-14(9-20-15)16(2,3)4/h5-7,9,13H,8,18H2,1-4H3.